The Morgan fingerprint density at radius 1 is 1.00 bits per heavy atom. The van der Waals surface area contributed by atoms with Crippen LogP contribution in [0.2, 0.25) is 0 Å². The van der Waals surface area contributed by atoms with Gasteiger partial charge in [-0.15, -0.1) is 0 Å². The molecule has 0 saturated carbocycles. The third-order valence-electron chi connectivity index (χ3n) is 4.09. The number of furan rings is 1. The van der Waals surface area contributed by atoms with Crippen LogP contribution in [0.25, 0.3) is 0 Å². The fraction of sp³-hybridized carbons (Fsp3) is 0.263. The van der Waals surface area contributed by atoms with E-state index in [9.17, 15) is 9.59 Å². The van der Waals surface area contributed by atoms with Gasteiger partial charge >= 0.3 is 0 Å². The summed E-state index contributed by atoms with van der Waals surface area (Å²) in [6, 6.07) is 8.70. The van der Waals surface area contributed by atoms with Crippen LogP contribution in [0.3, 0.4) is 0 Å². The molecule has 0 unspecified atom stereocenters. The molecule has 1 aliphatic rings. The molecule has 0 atom stereocenters. The molecule has 1 saturated heterocycles. The van der Waals surface area contributed by atoms with Crippen LogP contribution in [0, 0.1) is 0 Å². The topological polar surface area (TPSA) is 63.0 Å². The SMILES string of the molecule is C=CCOc1ccc(C(=O)N2CCN(C(=O)c3ccoc3)CC2)cc1. The van der Waals surface area contributed by atoms with E-state index >= 15 is 0 Å². The summed E-state index contributed by atoms with van der Waals surface area (Å²) < 4.78 is 10.4. The number of benzene rings is 1. The number of rotatable bonds is 5. The fourth-order valence-corrected chi connectivity index (χ4v) is 2.71. The number of ether oxygens (including phenoxy) is 1. The highest BCUT2D eigenvalue weighted by molar-refractivity contribution is 5.95. The standard InChI is InChI=1S/C19H20N2O4/c1-2-12-25-17-5-3-15(4-6-17)18(22)20-8-10-21(11-9-20)19(23)16-7-13-24-14-16/h2-7,13-14H,1,8-12H2. The molecule has 25 heavy (non-hydrogen) atoms. The highest BCUT2D eigenvalue weighted by Gasteiger charge is 2.25. The molecule has 2 amide bonds. The molecule has 1 fully saturated rings. The van der Waals surface area contributed by atoms with Crippen molar-refractivity contribution in [1.29, 1.82) is 0 Å². The summed E-state index contributed by atoms with van der Waals surface area (Å²) in [6.45, 7) is 6.07. The smallest absolute Gasteiger partial charge is 0.257 e. The molecule has 2 aromatic rings. The Morgan fingerprint density at radius 3 is 2.12 bits per heavy atom. The van der Waals surface area contributed by atoms with Gasteiger partial charge in [0.2, 0.25) is 0 Å². The first kappa shape index (κ1) is 16.8. The van der Waals surface area contributed by atoms with Crippen LogP contribution in [0.4, 0.5) is 0 Å². The molecule has 6 nitrogen and oxygen atoms in total. The molecule has 0 bridgehead atoms. The number of piperazine rings is 1. The summed E-state index contributed by atoms with van der Waals surface area (Å²) in [5.74, 6) is 0.599. The van der Waals surface area contributed by atoms with Crippen molar-refractivity contribution >= 4 is 11.8 Å². The fourth-order valence-electron chi connectivity index (χ4n) is 2.71. The molecule has 0 aliphatic carbocycles. The first-order valence-corrected chi connectivity index (χ1v) is 8.13. The van der Waals surface area contributed by atoms with Crippen LogP contribution in [0.5, 0.6) is 5.75 Å². The second kappa shape index (κ2) is 7.70. The average Bonchev–Trinajstić information content (AvgIpc) is 3.20. The van der Waals surface area contributed by atoms with Crippen LogP contribution in [-0.4, -0.2) is 54.4 Å². The summed E-state index contributed by atoms with van der Waals surface area (Å²) in [7, 11) is 0. The molecule has 1 aromatic carbocycles. The lowest BCUT2D eigenvalue weighted by atomic mass is 10.1. The maximum absolute atomic E-state index is 12.6. The van der Waals surface area contributed by atoms with E-state index in [0.717, 1.165) is 0 Å². The maximum atomic E-state index is 12.6. The molecule has 6 heteroatoms. The van der Waals surface area contributed by atoms with Crippen LogP contribution in [0.1, 0.15) is 20.7 Å². The van der Waals surface area contributed by atoms with E-state index in [-0.39, 0.29) is 11.8 Å². The number of carbonyl (C=O) groups excluding carboxylic acids is 2. The summed E-state index contributed by atoms with van der Waals surface area (Å²) in [5, 5.41) is 0. The van der Waals surface area contributed by atoms with E-state index in [4.69, 9.17) is 9.15 Å². The van der Waals surface area contributed by atoms with Gasteiger partial charge < -0.3 is 19.0 Å². The van der Waals surface area contributed by atoms with Crippen molar-refractivity contribution in [2.24, 2.45) is 0 Å². The zero-order chi connectivity index (χ0) is 17.6. The van der Waals surface area contributed by atoms with E-state index in [1.54, 1.807) is 46.2 Å². The number of nitrogens with zero attached hydrogens (tertiary/aromatic N) is 2. The van der Waals surface area contributed by atoms with Gasteiger partial charge in [-0.05, 0) is 30.3 Å². The van der Waals surface area contributed by atoms with Crippen molar-refractivity contribution in [2.45, 2.75) is 0 Å². The molecule has 2 heterocycles. The van der Waals surface area contributed by atoms with Crippen LogP contribution >= 0.6 is 0 Å². The van der Waals surface area contributed by atoms with Gasteiger partial charge in [-0.3, -0.25) is 9.59 Å². The van der Waals surface area contributed by atoms with E-state index in [1.165, 1.54) is 12.5 Å². The van der Waals surface area contributed by atoms with Gasteiger partial charge in [0.25, 0.3) is 11.8 Å². The number of hydrogen-bond acceptors (Lipinski definition) is 4. The Kier molecular flexibility index (Phi) is 5.18. The van der Waals surface area contributed by atoms with E-state index in [0.29, 0.717) is 49.7 Å². The van der Waals surface area contributed by atoms with Gasteiger partial charge in [0.1, 0.15) is 18.6 Å². The van der Waals surface area contributed by atoms with E-state index in [1.807, 2.05) is 0 Å². The van der Waals surface area contributed by atoms with Gasteiger partial charge in [-0.2, -0.15) is 0 Å². The summed E-state index contributed by atoms with van der Waals surface area (Å²) in [5.41, 5.74) is 1.15. The first-order valence-electron chi connectivity index (χ1n) is 8.13. The Balaban J connectivity index is 1.56. The second-order valence-electron chi connectivity index (χ2n) is 5.72. The van der Waals surface area contributed by atoms with Crippen molar-refractivity contribution in [3.63, 3.8) is 0 Å². The Labute approximate surface area is 146 Å². The van der Waals surface area contributed by atoms with Crippen LogP contribution in [0.15, 0.2) is 59.9 Å². The third-order valence-corrected chi connectivity index (χ3v) is 4.09. The molecule has 0 spiro atoms. The lowest BCUT2D eigenvalue weighted by molar-refractivity contribution is 0.0535. The number of carbonyl (C=O) groups is 2. The highest BCUT2D eigenvalue weighted by atomic mass is 16.5. The molecule has 0 radical (unpaired) electrons. The molecule has 1 aromatic heterocycles. The normalized spacial score (nSPS) is 14.2. The highest BCUT2D eigenvalue weighted by Crippen LogP contribution is 2.16. The Bertz CT molecular complexity index is 729. The van der Waals surface area contributed by atoms with Crippen LogP contribution < -0.4 is 4.74 Å². The van der Waals surface area contributed by atoms with Crippen molar-refractivity contribution in [3.05, 3.63) is 66.6 Å². The predicted octanol–water partition coefficient (Wildman–Crippen LogP) is 2.44. The number of hydrogen-bond donors (Lipinski definition) is 0. The minimum Gasteiger partial charge on any atom is -0.490 e. The Morgan fingerprint density at radius 2 is 1.60 bits per heavy atom. The first-order chi connectivity index (χ1) is 12.2. The summed E-state index contributed by atoms with van der Waals surface area (Å²) >= 11 is 0. The molecular formula is C19H20N2O4. The van der Waals surface area contributed by atoms with Crippen molar-refractivity contribution in [2.75, 3.05) is 32.8 Å². The summed E-state index contributed by atoms with van der Waals surface area (Å²) in [6.07, 6.45) is 4.59. The Hall–Kier alpha value is -3.02. The van der Waals surface area contributed by atoms with Crippen molar-refractivity contribution < 1.29 is 18.7 Å². The van der Waals surface area contributed by atoms with Gasteiger partial charge in [0, 0.05) is 31.7 Å². The molecule has 3 rings (SSSR count). The number of amides is 2. The zero-order valence-electron chi connectivity index (χ0n) is 13.9. The molecular weight excluding hydrogens is 320 g/mol. The minimum atomic E-state index is -0.0652. The quantitative estimate of drug-likeness (QED) is 0.784. The predicted molar refractivity (Wildman–Crippen MR) is 92.6 cm³/mol. The van der Waals surface area contributed by atoms with E-state index < -0.39 is 0 Å². The van der Waals surface area contributed by atoms with E-state index in [2.05, 4.69) is 6.58 Å². The maximum Gasteiger partial charge on any atom is 0.257 e. The summed E-state index contributed by atoms with van der Waals surface area (Å²) in [4.78, 5) is 28.4. The van der Waals surface area contributed by atoms with Crippen molar-refractivity contribution in [3.8, 4) is 5.75 Å². The lowest BCUT2D eigenvalue weighted by Crippen LogP contribution is -2.50. The zero-order valence-corrected chi connectivity index (χ0v) is 13.9. The van der Waals surface area contributed by atoms with Gasteiger partial charge in [0.15, 0.2) is 0 Å². The lowest BCUT2D eigenvalue weighted by Gasteiger charge is -2.34. The van der Waals surface area contributed by atoms with Crippen molar-refractivity contribution in [1.82, 2.24) is 9.80 Å². The molecule has 1 aliphatic heterocycles. The van der Waals surface area contributed by atoms with Gasteiger partial charge in [-0.25, -0.2) is 0 Å². The minimum absolute atomic E-state index is 0.0364. The monoisotopic (exact) mass is 340 g/mol. The van der Waals surface area contributed by atoms with Gasteiger partial charge in [-0.1, -0.05) is 12.7 Å². The average molecular weight is 340 g/mol. The largest absolute Gasteiger partial charge is 0.490 e. The second-order valence-corrected chi connectivity index (χ2v) is 5.72. The molecule has 0 N–H and O–H groups in total. The third kappa shape index (κ3) is 3.91. The molecule has 130 valence electrons. The van der Waals surface area contributed by atoms with Crippen LogP contribution in [-0.2, 0) is 0 Å². The van der Waals surface area contributed by atoms with Gasteiger partial charge in [0.05, 0.1) is 11.8 Å².